The molecule has 21 heavy (non-hydrogen) atoms. The van der Waals surface area contributed by atoms with Gasteiger partial charge in [-0.1, -0.05) is 11.6 Å². The van der Waals surface area contributed by atoms with Gasteiger partial charge in [0.15, 0.2) is 0 Å². The first-order valence-electron chi connectivity index (χ1n) is 7.04. The molecule has 114 valence electrons. The van der Waals surface area contributed by atoms with Crippen LogP contribution in [0.15, 0.2) is 30.5 Å². The smallest absolute Gasteiger partial charge is 0.130 e. The Balaban J connectivity index is 2.00. The minimum absolute atomic E-state index is 0.585. The number of fused-ring (bicyclic) bond motifs is 1. The van der Waals surface area contributed by atoms with Crippen LogP contribution in [0, 0.1) is 0 Å². The molecule has 0 spiro atoms. The molecule has 0 aliphatic heterocycles. The molecule has 0 aliphatic carbocycles. The molecule has 5 nitrogen and oxygen atoms in total. The lowest BCUT2D eigenvalue weighted by atomic mass is 10.2. The lowest BCUT2D eigenvalue weighted by Gasteiger charge is -2.20. The number of benzene rings is 1. The summed E-state index contributed by atoms with van der Waals surface area (Å²) >= 11 is 5.98. The van der Waals surface area contributed by atoms with E-state index in [4.69, 9.17) is 27.8 Å². The highest BCUT2D eigenvalue weighted by Gasteiger charge is 2.06. The highest BCUT2D eigenvalue weighted by atomic mass is 35.5. The molecular formula is C15H21ClN4O. The van der Waals surface area contributed by atoms with E-state index in [0.717, 1.165) is 36.3 Å². The van der Waals surface area contributed by atoms with Gasteiger partial charge in [0, 0.05) is 49.3 Å². The Hall–Kier alpha value is -1.40. The molecule has 0 amide bonds. The Kier molecular flexibility index (Phi) is 6.20. The van der Waals surface area contributed by atoms with Gasteiger partial charge in [0.05, 0.1) is 5.52 Å². The first kappa shape index (κ1) is 16.0. The minimum Gasteiger partial charge on any atom is -0.491 e. The van der Waals surface area contributed by atoms with Gasteiger partial charge < -0.3 is 16.2 Å². The number of rotatable bonds is 8. The molecule has 0 saturated heterocycles. The van der Waals surface area contributed by atoms with Crippen molar-refractivity contribution in [3.05, 3.63) is 35.5 Å². The van der Waals surface area contributed by atoms with Crippen molar-refractivity contribution in [1.82, 2.24) is 9.88 Å². The normalized spacial score (nSPS) is 11.2. The molecule has 2 aromatic rings. The Morgan fingerprint density at radius 2 is 1.86 bits per heavy atom. The van der Waals surface area contributed by atoms with Crippen LogP contribution in [0.25, 0.3) is 10.9 Å². The van der Waals surface area contributed by atoms with Gasteiger partial charge in [-0.05, 0) is 24.3 Å². The topological polar surface area (TPSA) is 77.4 Å². The van der Waals surface area contributed by atoms with Crippen LogP contribution in [-0.2, 0) is 0 Å². The molecule has 0 fully saturated rings. The monoisotopic (exact) mass is 308 g/mol. The number of hydrogen-bond donors (Lipinski definition) is 2. The Morgan fingerprint density at radius 3 is 2.57 bits per heavy atom. The molecule has 0 atom stereocenters. The summed E-state index contributed by atoms with van der Waals surface area (Å²) < 4.78 is 5.88. The number of halogens is 1. The van der Waals surface area contributed by atoms with E-state index in [1.807, 2.05) is 24.3 Å². The lowest BCUT2D eigenvalue weighted by Crippen LogP contribution is -2.36. The summed E-state index contributed by atoms with van der Waals surface area (Å²) in [6.07, 6.45) is 1.73. The third-order valence-electron chi connectivity index (χ3n) is 3.22. The summed E-state index contributed by atoms with van der Waals surface area (Å²) in [5.74, 6) is 0.817. The van der Waals surface area contributed by atoms with Crippen LogP contribution in [0.3, 0.4) is 0 Å². The van der Waals surface area contributed by atoms with Gasteiger partial charge >= 0.3 is 0 Å². The van der Waals surface area contributed by atoms with E-state index < -0.39 is 0 Å². The summed E-state index contributed by atoms with van der Waals surface area (Å²) in [5.41, 5.74) is 12.0. The maximum absolute atomic E-state index is 5.98. The van der Waals surface area contributed by atoms with E-state index >= 15 is 0 Å². The van der Waals surface area contributed by atoms with Crippen LogP contribution in [0.5, 0.6) is 5.75 Å². The van der Waals surface area contributed by atoms with Crippen LogP contribution in [0.1, 0.15) is 0 Å². The zero-order chi connectivity index (χ0) is 15.1. The molecule has 0 aliphatic rings. The van der Waals surface area contributed by atoms with Crippen molar-refractivity contribution in [2.24, 2.45) is 11.5 Å². The first-order chi connectivity index (χ1) is 10.2. The van der Waals surface area contributed by atoms with Gasteiger partial charge in [-0.25, -0.2) is 0 Å². The summed E-state index contributed by atoms with van der Waals surface area (Å²) in [6.45, 7) is 4.28. The number of pyridine rings is 1. The highest BCUT2D eigenvalue weighted by Crippen LogP contribution is 2.26. The second kappa shape index (κ2) is 8.14. The van der Waals surface area contributed by atoms with Gasteiger partial charge in [-0.3, -0.25) is 9.88 Å². The van der Waals surface area contributed by atoms with Gasteiger partial charge in [-0.15, -0.1) is 0 Å². The highest BCUT2D eigenvalue weighted by molar-refractivity contribution is 6.31. The Morgan fingerprint density at radius 1 is 1.10 bits per heavy atom. The van der Waals surface area contributed by atoms with Crippen LogP contribution in [0.2, 0.25) is 5.02 Å². The predicted molar refractivity (Wildman–Crippen MR) is 86.8 cm³/mol. The van der Waals surface area contributed by atoms with Gasteiger partial charge in [0.2, 0.25) is 0 Å². The molecule has 1 aromatic heterocycles. The van der Waals surface area contributed by atoms with Crippen LogP contribution < -0.4 is 16.2 Å². The van der Waals surface area contributed by atoms with E-state index in [9.17, 15) is 0 Å². The zero-order valence-electron chi connectivity index (χ0n) is 12.0. The van der Waals surface area contributed by atoms with Gasteiger partial charge in [-0.2, -0.15) is 0 Å². The van der Waals surface area contributed by atoms with E-state index in [1.165, 1.54) is 0 Å². The maximum Gasteiger partial charge on any atom is 0.130 e. The summed E-state index contributed by atoms with van der Waals surface area (Å²) in [4.78, 5) is 6.49. The molecule has 0 saturated carbocycles. The summed E-state index contributed by atoms with van der Waals surface area (Å²) in [5, 5.41) is 1.63. The zero-order valence-corrected chi connectivity index (χ0v) is 12.7. The van der Waals surface area contributed by atoms with Crippen LogP contribution in [-0.4, -0.2) is 49.2 Å². The fourth-order valence-corrected chi connectivity index (χ4v) is 2.37. The predicted octanol–water partition coefficient (Wildman–Crippen LogP) is 1.49. The molecule has 4 N–H and O–H groups in total. The van der Waals surface area contributed by atoms with Gasteiger partial charge in [0.25, 0.3) is 0 Å². The van der Waals surface area contributed by atoms with Crippen molar-refractivity contribution in [3.8, 4) is 5.75 Å². The van der Waals surface area contributed by atoms with Crippen molar-refractivity contribution < 1.29 is 4.74 Å². The average Bonchev–Trinajstić information content (AvgIpc) is 2.47. The van der Waals surface area contributed by atoms with E-state index in [1.54, 1.807) is 6.20 Å². The SMILES string of the molecule is NCCN(CCN)CCOc1ccnc2cc(Cl)ccc12. The number of aromatic nitrogens is 1. The molecule has 0 bridgehead atoms. The second-order valence-electron chi connectivity index (χ2n) is 4.74. The fourth-order valence-electron chi connectivity index (χ4n) is 2.21. The third kappa shape index (κ3) is 4.54. The molecule has 0 radical (unpaired) electrons. The quantitative estimate of drug-likeness (QED) is 0.772. The van der Waals surface area contributed by atoms with Crippen molar-refractivity contribution in [2.45, 2.75) is 0 Å². The molecule has 6 heteroatoms. The molecule has 0 unspecified atom stereocenters. The lowest BCUT2D eigenvalue weighted by molar-refractivity contribution is 0.217. The van der Waals surface area contributed by atoms with E-state index in [2.05, 4.69) is 9.88 Å². The van der Waals surface area contributed by atoms with Crippen molar-refractivity contribution >= 4 is 22.5 Å². The van der Waals surface area contributed by atoms with Crippen molar-refractivity contribution in [3.63, 3.8) is 0 Å². The number of nitrogens with two attached hydrogens (primary N) is 2. The van der Waals surface area contributed by atoms with Crippen LogP contribution >= 0.6 is 11.6 Å². The fraction of sp³-hybridized carbons (Fsp3) is 0.400. The Labute approximate surface area is 129 Å². The summed E-state index contributed by atoms with van der Waals surface area (Å²) in [6, 6.07) is 7.47. The minimum atomic E-state index is 0.585. The van der Waals surface area contributed by atoms with E-state index in [-0.39, 0.29) is 0 Å². The molecule has 2 rings (SSSR count). The van der Waals surface area contributed by atoms with Crippen molar-refractivity contribution in [2.75, 3.05) is 39.3 Å². The largest absolute Gasteiger partial charge is 0.491 e. The molecule has 1 heterocycles. The molecular weight excluding hydrogens is 288 g/mol. The second-order valence-corrected chi connectivity index (χ2v) is 5.17. The Bertz CT molecular complexity index is 573. The molecule has 1 aromatic carbocycles. The number of hydrogen-bond acceptors (Lipinski definition) is 5. The van der Waals surface area contributed by atoms with Crippen molar-refractivity contribution in [1.29, 1.82) is 0 Å². The standard InChI is InChI=1S/C15H21ClN4O/c16-12-1-2-13-14(11-12)19-6-3-15(13)21-10-9-20(7-4-17)8-5-18/h1-3,6,11H,4-5,7-10,17-18H2. The first-order valence-corrected chi connectivity index (χ1v) is 7.42. The number of nitrogens with zero attached hydrogens (tertiary/aromatic N) is 2. The van der Waals surface area contributed by atoms with Crippen LogP contribution in [0.4, 0.5) is 0 Å². The number of ether oxygens (including phenoxy) is 1. The maximum atomic E-state index is 5.98. The van der Waals surface area contributed by atoms with E-state index in [0.29, 0.717) is 24.7 Å². The van der Waals surface area contributed by atoms with Gasteiger partial charge in [0.1, 0.15) is 12.4 Å². The third-order valence-corrected chi connectivity index (χ3v) is 3.46. The average molecular weight is 309 g/mol. The summed E-state index contributed by atoms with van der Waals surface area (Å²) in [7, 11) is 0.